The topological polar surface area (TPSA) is 72.9 Å². The highest BCUT2D eigenvalue weighted by atomic mass is 32.2. The fourth-order valence-corrected chi connectivity index (χ4v) is 2.88. The molecular weight excluding hydrogens is 330 g/mol. The molecule has 0 saturated heterocycles. The number of hydrogen-bond acceptors (Lipinski definition) is 6. The monoisotopic (exact) mass is 349 g/mol. The highest BCUT2D eigenvalue weighted by Crippen LogP contribution is 2.21. The van der Waals surface area contributed by atoms with Crippen molar-refractivity contribution in [1.82, 2.24) is 0 Å². The van der Waals surface area contributed by atoms with E-state index in [4.69, 9.17) is 8.92 Å². The molecule has 0 aliphatic rings. The molecule has 0 spiro atoms. The number of rotatable bonds is 6. The van der Waals surface area contributed by atoms with Gasteiger partial charge in [-0.3, -0.25) is 0 Å². The molecular formula is C17H19NO5S. The molecule has 0 aliphatic carbocycles. The summed E-state index contributed by atoms with van der Waals surface area (Å²) in [6.45, 7) is 1.98. The highest BCUT2D eigenvalue weighted by Gasteiger charge is 2.17. The first kappa shape index (κ1) is 17.8. The van der Waals surface area contributed by atoms with Crippen LogP contribution < -0.4 is 9.08 Å². The van der Waals surface area contributed by atoms with Gasteiger partial charge in [-0.25, -0.2) is 4.79 Å². The predicted molar refractivity (Wildman–Crippen MR) is 91.0 cm³/mol. The van der Waals surface area contributed by atoms with Crippen LogP contribution in [-0.4, -0.2) is 35.1 Å². The third kappa shape index (κ3) is 4.26. The third-order valence-electron chi connectivity index (χ3n) is 3.21. The zero-order valence-electron chi connectivity index (χ0n) is 13.7. The van der Waals surface area contributed by atoms with Crippen molar-refractivity contribution < 1.29 is 22.1 Å². The molecule has 0 aliphatic heterocycles. The Kier molecular flexibility index (Phi) is 5.46. The van der Waals surface area contributed by atoms with Crippen LogP contribution >= 0.6 is 0 Å². The van der Waals surface area contributed by atoms with E-state index in [1.165, 1.54) is 36.4 Å². The molecule has 0 aromatic heterocycles. The number of carbonyl (C=O) groups excluding carboxylic acids is 1. The van der Waals surface area contributed by atoms with E-state index in [2.05, 4.69) is 0 Å². The lowest BCUT2D eigenvalue weighted by Crippen LogP contribution is -2.12. The lowest BCUT2D eigenvalue weighted by molar-refractivity contribution is 0.0526. The maximum absolute atomic E-state index is 12.3. The zero-order chi connectivity index (χ0) is 17.7. The van der Waals surface area contributed by atoms with Crippen molar-refractivity contribution in [2.75, 3.05) is 25.6 Å². The number of ether oxygens (including phenoxy) is 1. The van der Waals surface area contributed by atoms with Crippen molar-refractivity contribution in [1.29, 1.82) is 0 Å². The van der Waals surface area contributed by atoms with E-state index in [-0.39, 0.29) is 17.3 Å². The highest BCUT2D eigenvalue weighted by molar-refractivity contribution is 7.87. The van der Waals surface area contributed by atoms with Crippen molar-refractivity contribution in [2.45, 2.75) is 11.8 Å². The molecule has 128 valence electrons. The van der Waals surface area contributed by atoms with Gasteiger partial charge in [-0.2, -0.15) is 8.42 Å². The number of anilines is 1. The van der Waals surface area contributed by atoms with Gasteiger partial charge in [0.25, 0.3) is 0 Å². The van der Waals surface area contributed by atoms with E-state index in [0.29, 0.717) is 5.56 Å². The molecule has 0 fully saturated rings. The Morgan fingerprint density at radius 3 is 2.08 bits per heavy atom. The fraction of sp³-hybridized carbons (Fsp3) is 0.235. The van der Waals surface area contributed by atoms with Gasteiger partial charge in [-0.15, -0.1) is 0 Å². The summed E-state index contributed by atoms with van der Waals surface area (Å²) in [5.74, 6) is -0.342. The predicted octanol–water partition coefficient (Wildman–Crippen LogP) is 2.70. The molecule has 6 nitrogen and oxygen atoms in total. The van der Waals surface area contributed by atoms with Gasteiger partial charge in [0.1, 0.15) is 10.6 Å². The summed E-state index contributed by atoms with van der Waals surface area (Å²) in [4.78, 5) is 13.5. The quantitative estimate of drug-likeness (QED) is 0.590. The first-order chi connectivity index (χ1) is 11.3. The Hall–Kier alpha value is -2.54. The number of hydrogen-bond donors (Lipinski definition) is 0. The van der Waals surface area contributed by atoms with Crippen LogP contribution in [-0.2, 0) is 14.9 Å². The summed E-state index contributed by atoms with van der Waals surface area (Å²) >= 11 is 0. The van der Waals surface area contributed by atoms with E-state index >= 15 is 0 Å². The van der Waals surface area contributed by atoms with E-state index in [9.17, 15) is 13.2 Å². The first-order valence-corrected chi connectivity index (χ1v) is 8.73. The summed E-state index contributed by atoms with van der Waals surface area (Å²) in [7, 11) is -0.201. The minimum Gasteiger partial charge on any atom is -0.462 e. The van der Waals surface area contributed by atoms with Crippen LogP contribution in [0.25, 0.3) is 0 Å². The van der Waals surface area contributed by atoms with Crippen molar-refractivity contribution in [3.05, 3.63) is 54.1 Å². The SMILES string of the molecule is CCOC(=O)c1ccc(OS(=O)(=O)c2ccc(N(C)C)cc2)cc1. The van der Waals surface area contributed by atoms with E-state index in [0.717, 1.165) is 5.69 Å². The molecule has 7 heteroatoms. The summed E-state index contributed by atoms with van der Waals surface area (Å²) in [5, 5.41) is 0. The van der Waals surface area contributed by atoms with Gasteiger partial charge in [0.15, 0.2) is 0 Å². The molecule has 2 rings (SSSR count). The van der Waals surface area contributed by atoms with Crippen LogP contribution in [0.3, 0.4) is 0 Å². The molecule has 24 heavy (non-hydrogen) atoms. The number of carbonyl (C=O) groups is 1. The number of esters is 1. The van der Waals surface area contributed by atoms with Gasteiger partial charge in [0, 0.05) is 19.8 Å². The van der Waals surface area contributed by atoms with Crippen LogP contribution in [0.4, 0.5) is 5.69 Å². The molecule has 0 bridgehead atoms. The number of nitrogens with zero attached hydrogens (tertiary/aromatic N) is 1. The standard InChI is InChI=1S/C17H19NO5S/c1-4-22-17(19)13-5-9-15(10-6-13)23-24(20,21)16-11-7-14(8-12-16)18(2)3/h5-12H,4H2,1-3H3. The second-order valence-corrected chi connectivity index (χ2v) is 6.72. The first-order valence-electron chi connectivity index (χ1n) is 7.32. The summed E-state index contributed by atoms with van der Waals surface area (Å²) in [5.41, 5.74) is 1.21. The maximum atomic E-state index is 12.3. The summed E-state index contributed by atoms with van der Waals surface area (Å²) < 4.78 is 34.5. The lowest BCUT2D eigenvalue weighted by Gasteiger charge is -2.13. The maximum Gasteiger partial charge on any atom is 0.339 e. The minimum atomic E-state index is -3.93. The van der Waals surface area contributed by atoms with Crippen LogP contribution in [0.15, 0.2) is 53.4 Å². The third-order valence-corrected chi connectivity index (χ3v) is 4.47. The molecule has 0 saturated carbocycles. The van der Waals surface area contributed by atoms with Gasteiger partial charge in [-0.05, 0) is 55.5 Å². The molecule has 2 aromatic carbocycles. The molecule has 0 N–H and O–H groups in total. The molecule has 0 unspecified atom stereocenters. The smallest absolute Gasteiger partial charge is 0.339 e. The van der Waals surface area contributed by atoms with Gasteiger partial charge in [0.2, 0.25) is 0 Å². The van der Waals surface area contributed by atoms with Gasteiger partial charge >= 0.3 is 16.1 Å². The fourth-order valence-electron chi connectivity index (χ4n) is 1.95. The minimum absolute atomic E-state index is 0.0579. The Morgan fingerprint density at radius 1 is 1.00 bits per heavy atom. The Labute approximate surface area is 141 Å². The van der Waals surface area contributed by atoms with Crippen LogP contribution in [0, 0.1) is 0 Å². The van der Waals surface area contributed by atoms with E-state index < -0.39 is 16.1 Å². The Bertz CT molecular complexity index is 796. The second kappa shape index (κ2) is 7.35. The van der Waals surface area contributed by atoms with Gasteiger partial charge < -0.3 is 13.8 Å². The molecule has 2 aromatic rings. The normalized spacial score (nSPS) is 11.0. The largest absolute Gasteiger partial charge is 0.462 e. The molecule has 0 amide bonds. The van der Waals surface area contributed by atoms with Crippen molar-refractivity contribution in [3.63, 3.8) is 0 Å². The molecule has 0 radical (unpaired) electrons. The van der Waals surface area contributed by atoms with Crippen molar-refractivity contribution >= 4 is 21.8 Å². The van der Waals surface area contributed by atoms with Crippen molar-refractivity contribution in [2.24, 2.45) is 0 Å². The molecule has 0 atom stereocenters. The van der Waals surface area contributed by atoms with Gasteiger partial charge in [0.05, 0.1) is 12.2 Å². The second-order valence-electron chi connectivity index (χ2n) is 5.17. The van der Waals surface area contributed by atoms with Crippen LogP contribution in [0.1, 0.15) is 17.3 Å². The lowest BCUT2D eigenvalue weighted by atomic mass is 10.2. The van der Waals surface area contributed by atoms with Gasteiger partial charge in [-0.1, -0.05) is 0 Å². The zero-order valence-corrected chi connectivity index (χ0v) is 14.5. The average Bonchev–Trinajstić information content (AvgIpc) is 2.55. The van der Waals surface area contributed by atoms with Crippen LogP contribution in [0.5, 0.6) is 5.75 Å². The van der Waals surface area contributed by atoms with Crippen molar-refractivity contribution in [3.8, 4) is 5.75 Å². The summed E-state index contributed by atoms with van der Waals surface area (Å²) in [6, 6.07) is 12.1. The van der Waals surface area contributed by atoms with Crippen LogP contribution in [0.2, 0.25) is 0 Å². The molecule has 0 heterocycles. The Morgan fingerprint density at radius 2 is 1.58 bits per heavy atom. The summed E-state index contributed by atoms with van der Waals surface area (Å²) in [6.07, 6.45) is 0. The van der Waals surface area contributed by atoms with E-state index in [1.807, 2.05) is 19.0 Å². The number of benzene rings is 2. The average molecular weight is 349 g/mol. The van der Waals surface area contributed by atoms with E-state index in [1.54, 1.807) is 19.1 Å². The Balaban J connectivity index is 2.15.